The Hall–Kier alpha value is -1.73. The number of anilines is 1. The van der Waals surface area contributed by atoms with Crippen LogP contribution in [0.3, 0.4) is 0 Å². The van der Waals surface area contributed by atoms with E-state index in [0.717, 1.165) is 19.5 Å². The Morgan fingerprint density at radius 2 is 2.14 bits per heavy atom. The summed E-state index contributed by atoms with van der Waals surface area (Å²) in [4.78, 5) is 10.6. The number of ether oxygens (including phenoxy) is 2. The highest BCUT2D eigenvalue weighted by Gasteiger charge is 2.23. The molecule has 7 heteroatoms. The lowest BCUT2D eigenvalue weighted by Gasteiger charge is -2.16. The van der Waals surface area contributed by atoms with Gasteiger partial charge in [0.25, 0.3) is 0 Å². The van der Waals surface area contributed by atoms with E-state index in [1.807, 2.05) is 13.8 Å². The highest BCUT2D eigenvalue weighted by Crippen LogP contribution is 2.19. The molecule has 1 aliphatic rings. The zero-order valence-corrected chi connectivity index (χ0v) is 13.5. The van der Waals surface area contributed by atoms with Gasteiger partial charge in [-0.2, -0.15) is 0 Å². The van der Waals surface area contributed by atoms with E-state index in [-0.39, 0.29) is 19.3 Å². The molecule has 1 aromatic heterocycles. The second kappa shape index (κ2) is 10.1. The predicted molar refractivity (Wildman–Crippen MR) is 84.7 cm³/mol. The number of hydrogen-bond acceptors (Lipinski definition) is 6. The molecule has 0 aromatic carbocycles. The first kappa shape index (κ1) is 18.3. The molecule has 1 atom stereocenters. The fraction of sp³-hybridized carbons (Fsp3) is 0.600. The van der Waals surface area contributed by atoms with Crippen LogP contribution in [0, 0.1) is 0 Å². The topological polar surface area (TPSA) is 73.5 Å². The van der Waals surface area contributed by atoms with Crippen molar-refractivity contribution >= 4 is 5.95 Å². The standard InChI is InChI=1S/C13H19FN4O2.C2H6/c1-19-11-2-3-18(8-11)13-16-6-12(7-17-13)20-9-10(4-14)5-15;1-2/h4,6-7,11H,2-3,5,8-9,15H2,1H3;1-2H3/b10-4+;. The van der Waals surface area contributed by atoms with Gasteiger partial charge in [-0.15, -0.1) is 0 Å². The molecule has 0 bridgehead atoms. The lowest BCUT2D eigenvalue weighted by atomic mass is 10.3. The van der Waals surface area contributed by atoms with Crippen molar-refractivity contribution in [1.82, 2.24) is 9.97 Å². The van der Waals surface area contributed by atoms with Crippen LogP contribution in [-0.2, 0) is 4.74 Å². The average Bonchev–Trinajstić information content (AvgIpc) is 3.07. The molecule has 6 nitrogen and oxygen atoms in total. The third-order valence-corrected chi connectivity index (χ3v) is 3.22. The molecule has 1 saturated heterocycles. The van der Waals surface area contributed by atoms with Crippen molar-refractivity contribution in [3.05, 3.63) is 24.3 Å². The highest BCUT2D eigenvalue weighted by molar-refractivity contribution is 5.33. The number of methoxy groups -OCH3 is 1. The van der Waals surface area contributed by atoms with Crippen molar-refractivity contribution < 1.29 is 13.9 Å². The predicted octanol–water partition coefficient (Wildman–Crippen LogP) is 1.92. The number of rotatable bonds is 6. The second-order valence-electron chi connectivity index (χ2n) is 4.57. The molecule has 0 radical (unpaired) electrons. The average molecular weight is 312 g/mol. The van der Waals surface area contributed by atoms with E-state index >= 15 is 0 Å². The first-order valence-corrected chi connectivity index (χ1v) is 7.47. The van der Waals surface area contributed by atoms with Crippen LogP contribution in [0.4, 0.5) is 10.3 Å². The first-order valence-electron chi connectivity index (χ1n) is 7.47. The summed E-state index contributed by atoms with van der Waals surface area (Å²) in [5.41, 5.74) is 5.73. The van der Waals surface area contributed by atoms with E-state index in [4.69, 9.17) is 15.2 Å². The molecule has 2 N–H and O–H groups in total. The molecule has 2 rings (SSSR count). The lowest BCUT2D eigenvalue weighted by Crippen LogP contribution is -2.24. The van der Waals surface area contributed by atoms with Crippen LogP contribution in [0.5, 0.6) is 5.75 Å². The first-order chi connectivity index (χ1) is 10.8. The summed E-state index contributed by atoms with van der Waals surface area (Å²) in [6, 6.07) is 0. The minimum atomic E-state index is 0.102. The molecule has 1 unspecified atom stereocenters. The molecule has 0 spiro atoms. The normalized spacial score (nSPS) is 18.0. The van der Waals surface area contributed by atoms with Gasteiger partial charge in [-0.25, -0.2) is 14.4 Å². The fourth-order valence-corrected chi connectivity index (χ4v) is 1.96. The quantitative estimate of drug-likeness (QED) is 0.865. The number of hydrogen-bond donors (Lipinski definition) is 1. The van der Waals surface area contributed by atoms with Crippen LogP contribution in [0.1, 0.15) is 20.3 Å². The maximum Gasteiger partial charge on any atom is 0.225 e. The van der Waals surface area contributed by atoms with E-state index in [9.17, 15) is 4.39 Å². The summed E-state index contributed by atoms with van der Waals surface area (Å²) < 4.78 is 23.0. The summed E-state index contributed by atoms with van der Waals surface area (Å²) in [5.74, 6) is 1.14. The minimum Gasteiger partial charge on any atom is -0.486 e. The second-order valence-corrected chi connectivity index (χ2v) is 4.57. The van der Waals surface area contributed by atoms with Crippen LogP contribution >= 0.6 is 0 Å². The van der Waals surface area contributed by atoms with Crippen molar-refractivity contribution in [3.8, 4) is 5.75 Å². The van der Waals surface area contributed by atoms with Gasteiger partial charge in [-0.3, -0.25) is 0 Å². The third-order valence-electron chi connectivity index (χ3n) is 3.22. The van der Waals surface area contributed by atoms with Gasteiger partial charge in [0.05, 0.1) is 24.8 Å². The SMILES string of the molecule is CC.COC1CCN(c2ncc(OC/C(=C/F)CN)cn2)C1. The van der Waals surface area contributed by atoms with Crippen LogP contribution in [0.15, 0.2) is 24.3 Å². The molecule has 1 aliphatic heterocycles. The maximum absolute atomic E-state index is 12.3. The van der Waals surface area contributed by atoms with Crippen LogP contribution in [0.25, 0.3) is 0 Å². The molecular formula is C15H25FN4O2. The van der Waals surface area contributed by atoms with Gasteiger partial charge in [0.2, 0.25) is 5.95 Å². The monoisotopic (exact) mass is 312 g/mol. The third kappa shape index (κ3) is 5.23. The highest BCUT2D eigenvalue weighted by atomic mass is 19.1. The molecular weight excluding hydrogens is 287 g/mol. The molecule has 0 aliphatic carbocycles. The zero-order valence-electron chi connectivity index (χ0n) is 13.5. The molecule has 124 valence electrons. The van der Waals surface area contributed by atoms with E-state index in [1.165, 1.54) is 0 Å². The molecule has 0 saturated carbocycles. The van der Waals surface area contributed by atoms with E-state index < -0.39 is 0 Å². The Morgan fingerprint density at radius 3 is 2.64 bits per heavy atom. The van der Waals surface area contributed by atoms with Crippen molar-refractivity contribution in [2.24, 2.45) is 5.73 Å². The largest absolute Gasteiger partial charge is 0.486 e. The molecule has 1 aromatic rings. The van der Waals surface area contributed by atoms with Crippen LogP contribution in [-0.4, -0.2) is 49.4 Å². The van der Waals surface area contributed by atoms with Crippen molar-refractivity contribution in [3.63, 3.8) is 0 Å². The van der Waals surface area contributed by atoms with Crippen LogP contribution < -0.4 is 15.4 Å². The Balaban J connectivity index is 0.00000116. The maximum atomic E-state index is 12.3. The van der Waals surface area contributed by atoms with Crippen molar-refractivity contribution in [2.75, 3.05) is 38.3 Å². The summed E-state index contributed by atoms with van der Waals surface area (Å²) >= 11 is 0. The Morgan fingerprint density at radius 1 is 1.45 bits per heavy atom. The Kier molecular flexibility index (Phi) is 8.39. The van der Waals surface area contributed by atoms with Gasteiger partial charge in [0.15, 0.2) is 5.75 Å². The number of nitrogens with two attached hydrogens (primary N) is 1. The van der Waals surface area contributed by atoms with Crippen LogP contribution in [0.2, 0.25) is 0 Å². The smallest absolute Gasteiger partial charge is 0.225 e. The Labute approximate surface area is 131 Å². The minimum absolute atomic E-state index is 0.102. The molecule has 2 heterocycles. The van der Waals surface area contributed by atoms with E-state index in [0.29, 0.717) is 23.6 Å². The molecule has 0 amide bonds. The van der Waals surface area contributed by atoms with E-state index in [1.54, 1.807) is 19.5 Å². The van der Waals surface area contributed by atoms with Gasteiger partial charge in [0, 0.05) is 32.3 Å². The number of nitrogens with zero attached hydrogens (tertiary/aromatic N) is 3. The molecule has 1 fully saturated rings. The fourth-order valence-electron chi connectivity index (χ4n) is 1.96. The van der Waals surface area contributed by atoms with Crippen molar-refractivity contribution in [1.29, 1.82) is 0 Å². The summed E-state index contributed by atoms with van der Waals surface area (Å²) in [7, 11) is 1.71. The van der Waals surface area contributed by atoms with Gasteiger partial charge in [-0.1, -0.05) is 13.8 Å². The Bertz CT molecular complexity index is 453. The summed E-state index contributed by atoms with van der Waals surface area (Å²) in [6.45, 7) is 5.89. The van der Waals surface area contributed by atoms with Gasteiger partial charge in [-0.05, 0) is 6.42 Å². The van der Waals surface area contributed by atoms with Crippen molar-refractivity contribution in [2.45, 2.75) is 26.4 Å². The molecule has 22 heavy (non-hydrogen) atoms. The number of halogens is 1. The summed E-state index contributed by atoms with van der Waals surface area (Å²) in [6.07, 6.45) is 4.82. The van der Waals surface area contributed by atoms with Gasteiger partial charge < -0.3 is 20.1 Å². The zero-order chi connectivity index (χ0) is 16.4. The summed E-state index contributed by atoms with van der Waals surface area (Å²) in [5, 5.41) is 0. The van der Waals surface area contributed by atoms with E-state index in [2.05, 4.69) is 14.9 Å². The van der Waals surface area contributed by atoms with Gasteiger partial charge >= 0.3 is 0 Å². The number of aromatic nitrogens is 2. The van der Waals surface area contributed by atoms with Gasteiger partial charge in [0.1, 0.15) is 6.61 Å². The lowest BCUT2D eigenvalue weighted by molar-refractivity contribution is 0.121.